The summed E-state index contributed by atoms with van der Waals surface area (Å²) in [7, 11) is 1.95. The highest BCUT2D eigenvalue weighted by atomic mass is 16.5. The monoisotopic (exact) mass is 221 g/mol. The minimum Gasteiger partial charge on any atom is -0.462 e. The molecule has 0 fully saturated rings. The quantitative estimate of drug-likeness (QED) is 0.590. The molecule has 3 heteroatoms. The maximum Gasteiger partial charge on any atom is 0.338 e. The smallest absolute Gasteiger partial charge is 0.338 e. The second-order valence-corrected chi connectivity index (χ2v) is 3.62. The van der Waals surface area contributed by atoms with Crippen molar-refractivity contribution in [3.05, 3.63) is 35.4 Å². The molecule has 0 saturated carbocycles. The summed E-state index contributed by atoms with van der Waals surface area (Å²) in [4.78, 5) is 11.4. The number of hydrogen-bond donors (Lipinski definition) is 1. The first-order valence-corrected chi connectivity index (χ1v) is 5.68. The van der Waals surface area contributed by atoms with Gasteiger partial charge in [0.1, 0.15) is 0 Å². The van der Waals surface area contributed by atoms with Crippen LogP contribution in [0.25, 0.3) is 0 Å². The molecule has 0 aromatic heterocycles. The molecule has 3 nitrogen and oxygen atoms in total. The maximum atomic E-state index is 11.4. The van der Waals surface area contributed by atoms with Gasteiger partial charge in [-0.05, 0) is 51.1 Å². The van der Waals surface area contributed by atoms with Crippen LogP contribution >= 0.6 is 0 Å². The molecular weight excluding hydrogens is 202 g/mol. The van der Waals surface area contributed by atoms with Crippen molar-refractivity contribution in [2.24, 2.45) is 0 Å². The first-order chi connectivity index (χ1) is 7.77. The summed E-state index contributed by atoms with van der Waals surface area (Å²) in [6.07, 6.45) is 2.14. The molecule has 0 spiro atoms. The van der Waals surface area contributed by atoms with Crippen LogP contribution in [0.5, 0.6) is 0 Å². The van der Waals surface area contributed by atoms with E-state index >= 15 is 0 Å². The van der Waals surface area contributed by atoms with Gasteiger partial charge in [0.15, 0.2) is 0 Å². The first kappa shape index (κ1) is 12.7. The predicted molar refractivity (Wildman–Crippen MR) is 64.6 cm³/mol. The number of hydrogen-bond acceptors (Lipinski definition) is 3. The highest BCUT2D eigenvalue weighted by molar-refractivity contribution is 5.89. The number of carbonyl (C=O) groups excluding carboxylic acids is 1. The van der Waals surface area contributed by atoms with Crippen LogP contribution < -0.4 is 5.32 Å². The molecule has 0 heterocycles. The Hall–Kier alpha value is -1.35. The van der Waals surface area contributed by atoms with Gasteiger partial charge in [0, 0.05) is 0 Å². The van der Waals surface area contributed by atoms with Crippen LogP contribution in [-0.2, 0) is 11.2 Å². The average Bonchev–Trinajstić information content (AvgIpc) is 2.30. The van der Waals surface area contributed by atoms with Gasteiger partial charge < -0.3 is 10.1 Å². The Kier molecular flexibility index (Phi) is 5.57. The minimum absolute atomic E-state index is 0.246. The summed E-state index contributed by atoms with van der Waals surface area (Å²) >= 11 is 0. The highest BCUT2D eigenvalue weighted by Crippen LogP contribution is 2.07. The standard InChI is InChI=1S/C13H19NO2/c1-3-16-13(15)12-8-6-11(7-9-12)5-4-10-14-2/h6-9,14H,3-5,10H2,1-2H3. The van der Waals surface area contributed by atoms with Gasteiger partial charge in [-0.1, -0.05) is 12.1 Å². The number of nitrogens with one attached hydrogen (secondary N) is 1. The third-order valence-electron chi connectivity index (χ3n) is 2.36. The van der Waals surface area contributed by atoms with E-state index in [1.54, 1.807) is 0 Å². The largest absolute Gasteiger partial charge is 0.462 e. The highest BCUT2D eigenvalue weighted by Gasteiger charge is 2.04. The number of esters is 1. The Bertz CT molecular complexity index is 319. The van der Waals surface area contributed by atoms with E-state index < -0.39 is 0 Å². The summed E-state index contributed by atoms with van der Waals surface area (Å²) in [6, 6.07) is 7.63. The topological polar surface area (TPSA) is 38.3 Å². The van der Waals surface area contributed by atoms with E-state index in [1.807, 2.05) is 38.2 Å². The fourth-order valence-corrected chi connectivity index (χ4v) is 1.49. The van der Waals surface area contributed by atoms with E-state index in [2.05, 4.69) is 5.32 Å². The lowest BCUT2D eigenvalue weighted by Gasteiger charge is -2.04. The molecule has 1 rings (SSSR count). The van der Waals surface area contributed by atoms with Crippen LogP contribution in [0.3, 0.4) is 0 Å². The lowest BCUT2D eigenvalue weighted by atomic mass is 10.1. The van der Waals surface area contributed by atoms with Gasteiger partial charge in [-0.3, -0.25) is 0 Å². The Morgan fingerprint density at radius 1 is 1.31 bits per heavy atom. The van der Waals surface area contributed by atoms with E-state index in [1.165, 1.54) is 5.56 Å². The van der Waals surface area contributed by atoms with Gasteiger partial charge in [-0.25, -0.2) is 4.79 Å². The van der Waals surface area contributed by atoms with E-state index in [9.17, 15) is 4.79 Å². The molecular formula is C13H19NO2. The number of benzene rings is 1. The summed E-state index contributed by atoms with van der Waals surface area (Å²) in [6.45, 7) is 3.24. The molecule has 0 atom stereocenters. The normalized spacial score (nSPS) is 10.1. The molecule has 0 aliphatic rings. The summed E-state index contributed by atoms with van der Waals surface area (Å²) in [5.74, 6) is -0.246. The lowest BCUT2D eigenvalue weighted by molar-refractivity contribution is 0.0526. The van der Waals surface area contributed by atoms with Gasteiger partial charge in [-0.2, -0.15) is 0 Å². The van der Waals surface area contributed by atoms with Gasteiger partial charge >= 0.3 is 5.97 Å². The second kappa shape index (κ2) is 7.01. The molecule has 0 saturated heterocycles. The van der Waals surface area contributed by atoms with Crippen molar-refractivity contribution in [3.63, 3.8) is 0 Å². The van der Waals surface area contributed by atoms with E-state index in [0.717, 1.165) is 19.4 Å². The van der Waals surface area contributed by atoms with E-state index in [-0.39, 0.29) is 5.97 Å². The Morgan fingerprint density at radius 2 is 2.00 bits per heavy atom. The van der Waals surface area contributed by atoms with Crippen LogP contribution in [0.2, 0.25) is 0 Å². The van der Waals surface area contributed by atoms with Crippen LogP contribution in [0.1, 0.15) is 29.3 Å². The predicted octanol–water partition coefficient (Wildman–Crippen LogP) is 2.02. The van der Waals surface area contributed by atoms with E-state index in [0.29, 0.717) is 12.2 Å². The lowest BCUT2D eigenvalue weighted by Crippen LogP contribution is -2.08. The van der Waals surface area contributed by atoms with Crippen molar-refractivity contribution in [1.29, 1.82) is 0 Å². The van der Waals surface area contributed by atoms with Crippen molar-refractivity contribution in [1.82, 2.24) is 5.32 Å². The molecule has 0 radical (unpaired) electrons. The SMILES string of the molecule is CCOC(=O)c1ccc(CCCNC)cc1. The van der Waals surface area contributed by atoms with Crippen molar-refractivity contribution in [2.45, 2.75) is 19.8 Å². The van der Waals surface area contributed by atoms with Gasteiger partial charge in [0.25, 0.3) is 0 Å². The van der Waals surface area contributed by atoms with Crippen molar-refractivity contribution in [2.75, 3.05) is 20.2 Å². The van der Waals surface area contributed by atoms with Crippen LogP contribution in [0.4, 0.5) is 0 Å². The third kappa shape index (κ3) is 4.03. The molecule has 0 unspecified atom stereocenters. The zero-order chi connectivity index (χ0) is 11.8. The molecule has 1 aromatic rings. The summed E-state index contributed by atoms with van der Waals surface area (Å²) < 4.78 is 4.92. The van der Waals surface area contributed by atoms with Crippen molar-refractivity contribution < 1.29 is 9.53 Å². The van der Waals surface area contributed by atoms with E-state index in [4.69, 9.17) is 4.74 Å². The zero-order valence-corrected chi connectivity index (χ0v) is 9.95. The zero-order valence-electron chi connectivity index (χ0n) is 9.95. The summed E-state index contributed by atoms with van der Waals surface area (Å²) in [5, 5.41) is 3.11. The van der Waals surface area contributed by atoms with Gasteiger partial charge in [0.2, 0.25) is 0 Å². The first-order valence-electron chi connectivity index (χ1n) is 5.68. The van der Waals surface area contributed by atoms with Gasteiger partial charge in [0.05, 0.1) is 12.2 Å². The molecule has 88 valence electrons. The molecule has 0 aliphatic carbocycles. The fraction of sp³-hybridized carbons (Fsp3) is 0.462. The molecule has 0 bridgehead atoms. The Morgan fingerprint density at radius 3 is 2.56 bits per heavy atom. The Balaban J connectivity index is 2.50. The van der Waals surface area contributed by atoms with Crippen LogP contribution in [-0.4, -0.2) is 26.2 Å². The number of ether oxygens (including phenoxy) is 1. The number of aryl methyl sites for hydroxylation is 1. The molecule has 0 aliphatic heterocycles. The minimum atomic E-state index is -0.246. The molecule has 16 heavy (non-hydrogen) atoms. The average molecular weight is 221 g/mol. The molecule has 1 N–H and O–H groups in total. The summed E-state index contributed by atoms with van der Waals surface area (Å²) in [5.41, 5.74) is 1.88. The fourth-order valence-electron chi connectivity index (χ4n) is 1.49. The van der Waals surface area contributed by atoms with Crippen LogP contribution in [0, 0.1) is 0 Å². The number of carbonyl (C=O) groups is 1. The molecule has 1 aromatic carbocycles. The maximum absolute atomic E-state index is 11.4. The van der Waals surface area contributed by atoms with Gasteiger partial charge in [-0.15, -0.1) is 0 Å². The van der Waals surface area contributed by atoms with Crippen molar-refractivity contribution in [3.8, 4) is 0 Å². The van der Waals surface area contributed by atoms with Crippen molar-refractivity contribution >= 4 is 5.97 Å². The second-order valence-electron chi connectivity index (χ2n) is 3.62. The third-order valence-corrected chi connectivity index (χ3v) is 2.36. The number of rotatable bonds is 6. The van der Waals surface area contributed by atoms with Crippen LogP contribution in [0.15, 0.2) is 24.3 Å². The Labute approximate surface area is 96.8 Å². The molecule has 0 amide bonds.